The number of nitrogens with one attached hydrogen (secondary N) is 1. The molecule has 0 radical (unpaired) electrons. The molecule has 1 aromatic carbocycles. The van der Waals surface area contributed by atoms with Crippen molar-refractivity contribution < 1.29 is 18.1 Å². The van der Waals surface area contributed by atoms with Crippen molar-refractivity contribution in [3.63, 3.8) is 0 Å². The van der Waals surface area contributed by atoms with Crippen molar-refractivity contribution in [2.75, 3.05) is 11.1 Å². The second-order valence-corrected chi connectivity index (χ2v) is 10.1. The van der Waals surface area contributed by atoms with Gasteiger partial charge in [0.15, 0.2) is 15.0 Å². The first-order valence-electron chi connectivity index (χ1n) is 8.98. The van der Waals surface area contributed by atoms with Gasteiger partial charge in [-0.2, -0.15) is 0 Å². The lowest BCUT2D eigenvalue weighted by Crippen LogP contribution is -2.24. The van der Waals surface area contributed by atoms with Crippen LogP contribution in [0.4, 0.5) is 10.8 Å². The van der Waals surface area contributed by atoms with E-state index in [1.165, 1.54) is 17.4 Å². The monoisotopic (exact) mass is 423 g/mol. The van der Waals surface area contributed by atoms with Crippen molar-refractivity contribution in [1.82, 2.24) is 4.98 Å². The summed E-state index contributed by atoms with van der Waals surface area (Å²) < 4.78 is 24.5. The van der Waals surface area contributed by atoms with Crippen LogP contribution < -0.4 is 5.32 Å². The third kappa shape index (κ3) is 4.74. The number of nitro benzene ring substituents is 1. The van der Waals surface area contributed by atoms with Gasteiger partial charge < -0.3 is 5.32 Å². The summed E-state index contributed by atoms with van der Waals surface area (Å²) in [5, 5.41) is 15.4. The molecule has 2 aromatic rings. The molecule has 1 aliphatic carbocycles. The minimum Gasteiger partial charge on any atom is -0.302 e. The minimum atomic E-state index is -3.24. The van der Waals surface area contributed by atoms with E-state index in [0.29, 0.717) is 34.8 Å². The van der Waals surface area contributed by atoms with Crippen molar-refractivity contribution in [3.8, 4) is 11.3 Å². The number of nitro groups is 1. The summed E-state index contributed by atoms with van der Waals surface area (Å²) in [6.07, 6.45) is 3.11. The number of sulfone groups is 1. The fourth-order valence-electron chi connectivity index (χ4n) is 3.26. The van der Waals surface area contributed by atoms with E-state index in [0.717, 1.165) is 12.8 Å². The topological polar surface area (TPSA) is 119 Å². The standard InChI is InChI=1S/C18H21N3O5S2/c1-12-6-7-13(10-16(12)21(23)24)15-11-27-18(19-15)20-17(22)8-9-28(25,26)14-4-2-3-5-14/h6-7,10-11,14H,2-5,8-9H2,1H3,(H,19,20,22). The third-order valence-corrected chi connectivity index (χ3v) is 7.89. The summed E-state index contributed by atoms with van der Waals surface area (Å²) in [4.78, 5) is 27.0. The molecular formula is C18H21N3O5S2. The van der Waals surface area contributed by atoms with Crippen LogP contribution in [-0.4, -0.2) is 35.2 Å². The molecule has 8 nitrogen and oxygen atoms in total. The first kappa shape index (κ1) is 20.4. The highest BCUT2D eigenvalue weighted by atomic mass is 32.2. The number of carbonyl (C=O) groups excluding carboxylic acids is 1. The Hall–Kier alpha value is -2.33. The molecule has 1 heterocycles. The normalized spacial score (nSPS) is 14.9. The number of rotatable bonds is 7. The van der Waals surface area contributed by atoms with E-state index in [9.17, 15) is 23.3 Å². The average molecular weight is 424 g/mol. The van der Waals surface area contributed by atoms with Crippen molar-refractivity contribution in [2.24, 2.45) is 0 Å². The third-order valence-electron chi connectivity index (χ3n) is 4.88. The van der Waals surface area contributed by atoms with Crippen LogP contribution in [0.3, 0.4) is 0 Å². The van der Waals surface area contributed by atoms with Gasteiger partial charge in [0, 0.05) is 29.0 Å². The van der Waals surface area contributed by atoms with Crippen LogP contribution in [-0.2, 0) is 14.6 Å². The summed E-state index contributed by atoms with van der Waals surface area (Å²) in [5.74, 6) is -0.566. The van der Waals surface area contributed by atoms with Gasteiger partial charge in [0.05, 0.1) is 21.6 Å². The van der Waals surface area contributed by atoms with Gasteiger partial charge >= 0.3 is 0 Å². The van der Waals surface area contributed by atoms with Crippen molar-refractivity contribution in [1.29, 1.82) is 0 Å². The van der Waals surface area contributed by atoms with Crippen LogP contribution in [0.1, 0.15) is 37.7 Å². The highest BCUT2D eigenvalue weighted by Crippen LogP contribution is 2.29. The van der Waals surface area contributed by atoms with Gasteiger partial charge in [-0.05, 0) is 19.8 Å². The molecule has 1 aliphatic rings. The second kappa shape index (κ2) is 8.36. The Balaban J connectivity index is 1.62. The fourth-order valence-corrected chi connectivity index (χ4v) is 5.85. The van der Waals surface area contributed by atoms with E-state index >= 15 is 0 Å². The molecule has 150 valence electrons. The van der Waals surface area contributed by atoms with Crippen LogP contribution >= 0.6 is 11.3 Å². The second-order valence-electron chi connectivity index (χ2n) is 6.87. The van der Waals surface area contributed by atoms with Crippen LogP contribution in [0.2, 0.25) is 0 Å². The minimum absolute atomic E-state index is 0.00760. The molecule has 28 heavy (non-hydrogen) atoms. The molecule has 1 amide bonds. The predicted molar refractivity (Wildman–Crippen MR) is 108 cm³/mol. The quantitative estimate of drug-likeness (QED) is 0.535. The number of anilines is 1. The van der Waals surface area contributed by atoms with Gasteiger partial charge in [-0.15, -0.1) is 11.3 Å². The fraction of sp³-hybridized carbons (Fsp3) is 0.444. The Morgan fingerprint density at radius 2 is 2.07 bits per heavy atom. The zero-order valence-corrected chi connectivity index (χ0v) is 17.0. The van der Waals surface area contributed by atoms with E-state index in [1.807, 2.05) is 0 Å². The number of hydrogen-bond acceptors (Lipinski definition) is 7. The molecule has 1 N–H and O–H groups in total. The van der Waals surface area contributed by atoms with E-state index in [4.69, 9.17) is 0 Å². The molecule has 0 saturated heterocycles. The lowest BCUT2D eigenvalue weighted by molar-refractivity contribution is -0.385. The molecule has 3 rings (SSSR count). The van der Waals surface area contributed by atoms with Gasteiger partial charge in [-0.3, -0.25) is 14.9 Å². The molecule has 0 bridgehead atoms. The van der Waals surface area contributed by atoms with E-state index < -0.39 is 20.7 Å². The van der Waals surface area contributed by atoms with Crippen LogP contribution in [0.15, 0.2) is 23.6 Å². The number of aromatic nitrogens is 1. The average Bonchev–Trinajstić information content (AvgIpc) is 3.32. The maximum Gasteiger partial charge on any atom is 0.272 e. The smallest absolute Gasteiger partial charge is 0.272 e. The highest BCUT2D eigenvalue weighted by Gasteiger charge is 2.29. The van der Waals surface area contributed by atoms with E-state index in [1.54, 1.807) is 24.4 Å². The van der Waals surface area contributed by atoms with Gasteiger partial charge in [0.2, 0.25) is 5.91 Å². The number of thiazole rings is 1. The van der Waals surface area contributed by atoms with Gasteiger partial charge in [0.1, 0.15) is 0 Å². The van der Waals surface area contributed by atoms with Gasteiger partial charge in [-0.25, -0.2) is 13.4 Å². The molecule has 0 spiro atoms. The molecule has 1 fully saturated rings. The zero-order valence-electron chi connectivity index (χ0n) is 15.4. The Kier molecular flexibility index (Phi) is 6.09. The van der Waals surface area contributed by atoms with Crippen molar-refractivity contribution >= 4 is 37.9 Å². The van der Waals surface area contributed by atoms with Crippen LogP contribution in [0.5, 0.6) is 0 Å². The molecule has 10 heteroatoms. The SMILES string of the molecule is Cc1ccc(-c2csc(NC(=O)CCS(=O)(=O)C3CCCC3)n2)cc1[N+](=O)[O-]. The van der Waals surface area contributed by atoms with Gasteiger partial charge in [0.25, 0.3) is 5.69 Å². The first-order chi connectivity index (χ1) is 13.3. The summed E-state index contributed by atoms with van der Waals surface area (Å²) in [5.41, 5.74) is 1.66. The number of carbonyl (C=O) groups is 1. The lowest BCUT2D eigenvalue weighted by Gasteiger charge is -2.10. The summed E-state index contributed by atoms with van der Waals surface area (Å²) in [6, 6.07) is 4.83. The lowest BCUT2D eigenvalue weighted by atomic mass is 10.1. The maximum absolute atomic E-state index is 12.2. The highest BCUT2D eigenvalue weighted by molar-refractivity contribution is 7.92. The first-order valence-corrected chi connectivity index (χ1v) is 11.6. The number of benzene rings is 1. The molecule has 0 atom stereocenters. The number of amides is 1. The van der Waals surface area contributed by atoms with Crippen molar-refractivity contribution in [3.05, 3.63) is 39.3 Å². The maximum atomic E-state index is 12.2. The Bertz CT molecular complexity index is 994. The zero-order chi connectivity index (χ0) is 20.3. The molecule has 1 aromatic heterocycles. The summed E-state index contributed by atoms with van der Waals surface area (Å²) in [6.45, 7) is 1.66. The molecular weight excluding hydrogens is 402 g/mol. The van der Waals surface area contributed by atoms with Crippen LogP contribution in [0.25, 0.3) is 11.3 Å². The summed E-state index contributed by atoms with van der Waals surface area (Å²) >= 11 is 1.19. The van der Waals surface area contributed by atoms with Crippen LogP contribution in [0, 0.1) is 17.0 Å². The molecule has 0 unspecified atom stereocenters. The Labute approximate surface area is 167 Å². The van der Waals surface area contributed by atoms with Crippen molar-refractivity contribution in [2.45, 2.75) is 44.3 Å². The summed E-state index contributed by atoms with van der Waals surface area (Å²) in [7, 11) is -3.24. The molecule has 1 saturated carbocycles. The van der Waals surface area contributed by atoms with E-state index in [2.05, 4.69) is 10.3 Å². The number of aryl methyl sites for hydroxylation is 1. The largest absolute Gasteiger partial charge is 0.302 e. The van der Waals surface area contributed by atoms with E-state index in [-0.39, 0.29) is 23.1 Å². The molecule has 0 aliphatic heterocycles. The van der Waals surface area contributed by atoms with Gasteiger partial charge in [-0.1, -0.05) is 25.0 Å². The number of nitrogens with zero attached hydrogens (tertiary/aromatic N) is 2. The number of hydrogen-bond donors (Lipinski definition) is 1. The Morgan fingerprint density at radius 3 is 2.75 bits per heavy atom. The predicted octanol–water partition coefficient (Wildman–Crippen LogP) is 3.71. The Morgan fingerprint density at radius 1 is 1.36 bits per heavy atom.